The number of aromatic nitrogens is 1. The number of benzene rings is 4. The van der Waals surface area contributed by atoms with Crippen molar-refractivity contribution in [2.45, 2.75) is 31.0 Å². The lowest BCUT2D eigenvalue weighted by Crippen LogP contribution is -2.37. The van der Waals surface area contributed by atoms with Crippen LogP contribution in [-0.4, -0.2) is 30.1 Å². The predicted molar refractivity (Wildman–Crippen MR) is 175 cm³/mol. The van der Waals surface area contributed by atoms with Gasteiger partial charge in [0, 0.05) is 12.5 Å². The molecule has 2 amide bonds. The molecular weight excluding hydrogens is 619 g/mol. The normalized spacial score (nSPS) is 14.4. The number of ether oxygens (including phenoxy) is 1. The molecule has 2 heterocycles. The summed E-state index contributed by atoms with van der Waals surface area (Å²) in [6.07, 6.45) is -3.81. The van der Waals surface area contributed by atoms with Gasteiger partial charge >= 0.3 is 12.3 Å². The Bertz CT molecular complexity index is 2030. The Labute approximate surface area is 274 Å². The van der Waals surface area contributed by atoms with Crippen LogP contribution < -0.4 is 15.8 Å². The van der Waals surface area contributed by atoms with Gasteiger partial charge in [-0.05, 0) is 70.0 Å². The highest BCUT2D eigenvalue weighted by molar-refractivity contribution is 5.94. The third-order valence-corrected chi connectivity index (χ3v) is 8.98. The Kier molecular flexibility index (Phi) is 8.08. The molecule has 0 saturated carbocycles. The van der Waals surface area contributed by atoms with Crippen molar-refractivity contribution in [1.82, 2.24) is 10.3 Å². The van der Waals surface area contributed by atoms with E-state index >= 15 is 0 Å². The van der Waals surface area contributed by atoms with Crippen LogP contribution in [0.4, 0.5) is 23.7 Å². The number of pyridine rings is 1. The van der Waals surface area contributed by atoms with E-state index in [9.17, 15) is 27.6 Å². The zero-order valence-electron chi connectivity index (χ0n) is 25.6. The molecule has 0 spiro atoms. The smallest absolute Gasteiger partial charge is 0.431 e. The van der Waals surface area contributed by atoms with Gasteiger partial charge in [-0.3, -0.25) is 14.5 Å². The fourth-order valence-electron chi connectivity index (χ4n) is 6.69. The first kappa shape index (κ1) is 31.0. The SMILES string of the molecule is O=C(NC(c1ccccc1)c1ccc2c(c1)CCCN2C(=O)OCC1c2ccccc2-c2ccccc21)c1ccc(C(F)(F)F)[nH]c1=O. The van der Waals surface area contributed by atoms with Crippen LogP contribution in [0.5, 0.6) is 0 Å². The maximum Gasteiger partial charge on any atom is 0.431 e. The lowest BCUT2D eigenvalue weighted by Gasteiger charge is -2.30. The number of rotatable bonds is 6. The number of anilines is 1. The number of fused-ring (bicyclic) bond motifs is 4. The van der Waals surface area contributed by atoms with Gasteiger partial charge in [0.2, 0.25) is 0 Å². The summed E-state index contributed by atoms with van der Waals surface area (Å²) in [7, 11) is 0. The fourth-order valence-corrected chi connectivity index (χ4v) is 6.69. The van der Waals surface area contributed by atoms with Crippen molar-refractivity contribution in [3.8, 4) is 11.1 Å². The molecule has 7 nitrogen and oxygen atoms in total. The van der Waals surface area contributed by atoms with Crippen LogP contribution in [0.1, 0.15) is 62.2 Å². The number of H-pyrrole nitrogens is 1. The van der Waals surface area contributed by atoms with E-state index in [0.717, 1.165) is 33.9 Å². The molecule has 1 aliphatic carbocycles. The van der Waals surface area contributed by atoms with Crippen molar-refractivity contribution in [3.63, 3.8) is 0 Å². The molecule has 0 radical (unpaired) electrons. The van der Waals surface area contributed by atoms with Crippen molar-refractivity contribution < 1.29 is 27.5 Å². The number of hydrogen-bond acceptors (Lipinski definition) is 4. The van der Waals surface area contributed by atoms with Crippen molar-refractivity contribution in [3.05, 3.63) is 159 Å². The van der Waals surface area contributed by atoms with Crippen molar-refractivity contribution in [2.75, 3.05) is 18.1 Å². The third-order valence-electron chi connectivity index (χ3n) is 8.98. The molecule has 4 aromatic carbocycles. The highest BCUT2D eigenvalue weighted by atomic mass is 19.4. The molecule has 1 aliphatic heterocycles. The van der Waals surface area contributed by atoms with E-state index in [1.807, 2.05) is 54.6 Å². The molecule has 1 unspecified atom stereocenters. The number of carbonyl (C=O) groups is 2. The molecule has 5 aromatic rings. The molecule has 1 atom stereocenters. The molecule has 7 rings (SSSR count). The number of halogens is 3. The minimum Gasteiger partial charge on any atom is -0.448 e. The first-order chi connectivity index (χ1) is 23.2. The second-order valence-electron chi connectivity index (χ2n) is 11.9. The Balaban J connectivity index is 1.12. The standard InChI is InChI=1S/C38H30F3N3O4/c39-38(40,41)33-19-17-30(35(45)42-33)36(46)43-34(23-9-2-1-3-10-23)25-16-18-32-24(21-25)11-8-20-44(32)37(47)48-22-31-28-14-6-4-12-26(28)27-13-5-7-15-29(27)31/h1-7,9-10,12-19,21,31,34H,8,11,20,22H2,(H,42,45)(H,43,46). The first-order valence-corrected chi connectivity index (χ1v) is 15.6. The van der Waals surface area contributed by atoms with Crippen LogP contribution in [0.3, 0.4) is 0 Å². The summed E-state index contributed by atoms with van der Waals surface area (Å²) in [6, 6.07) is 31.7. The molecule has 0 saturated heterocycles. The number of hydrogen-bond donors (Lipinski definition) is 2. The second-order valence-corrected chi connectivity index (χ2v) is 11.9. The number of nitrogens with zero attached hydrogens (tertiary/aromatic N) is 1. The summed E-state index contributed by atoms with van der Waals surface area (Å²) in [5.74, 6) is -0.892. The largest absolute Gasteiger partial charge is 0.448 e. The number of aryl methyl sites for hydroxylation is 1. The van der Waals surface area contributed by atoms with Crippen molar-refractivity contribution in [1.29, 1.82) is 0 Å². The van der Waals surface area contributed by atoms with E-state index in [2.05, 4.69) is 29.6 Å². The number of alkyl halides is 3. The van der Waals surface area contributed by atoms with E-state index in [0.29, 0.717) is 42.3 Å². The minimum absolute atomic E-state index is 0.0693. The lowest BCUT2D eigenvalue weighted by molar-refractivity contribution is -0.141. The summed E-state index contributed by atoms with van der Waals surface area (Å²) < 4.78 is 45.2. The molecule has 0 bridgehead atoms. The fraction of sp³-hybridized carbons (Fsp3) is 0.184. The van der Waals surface area contributed by atoms with Crippen LogP contribution in [-0.2, 0) is 17.3 Å². The first-order valence-electron chi connectivity index (χ1n) is 15.6. The second kappa shape index (κ2) is 12.5. The highest BCUT2D eigenvalue weighted by Crippen LogP contribution is 2.44. The van der Waals surface area contributed by atoms with Crippen LogP contribution in [0.2, 0.25) is 0 Å². The van der Waals surface area contributed by atoms with E-state index in [1.54, 1.807) is 28.1 Å². The quantitative estimate of drug-likeness (QED) is 0.198. The average molecular weight is 650 g/mol. The number of carbonyl (C=O) groups excluding carboxylic acids is 2. The van der Waals surface area contributed by atoms with Crippen molar-refractivity contribution in [2.24, 2.45) is 0 Å². The van der Waals surface area contributed by atoms with Gasteiger partial charge in [-0.25, -0.2) is 4.79 Å². The topological polar surface area (TPSA) is 91.5 Å². The summed E-state index contributed by atoms with van der Waals surface area (Å²) >= 11 is 0. The summed E-state index contributed by atoms with van der Waals surface area (Å²) in [6.45, 7) is 0.681. The molecule has 10 heteroatoms. The van der Waals surface area contributed by atoms with Crippen molar-refractivity contribution >= 4 is 17.7 Å². The Hall–Kier alpha value is -5.64. The van der Waals surface area contributed by atoms with Gasteiger partial charge in [-0.15, -0.1) is 0 Å². The van der Waals surface area contributed by atoms with Crippen LogP contribution in [0.25, 0.3) is 11.1 Å². The molecule has 2 N–H and O–H groups in total. The molecule has 242 valence electrons. The molecule has 48 heavy (non-hydrogen) atoms. The van der Waals surface area contributed by atoms with Crippen LogP contribution in [0.15, 0.2) is 114 Å². The Morgan fingerprint density at radius 2 is 1.52 bits per heavy atom. The maximum atomic E-state index is 13.5. The summed E-state index contributed by atoms with van der Waals surface area (Å²) in [5, 5.41) is 2.83. The van der Waals surface area contributed by atoms with Gasteiger partial charge < -0.3 is 15.0 Å². The van der Waals surface area contributed by atoms with Gasteiger partial charge in [0.1, 0.15) is 17.9 Å². The number of aromatic amines is 1. The summed E-state index contributed by atoms with van der Waals surface area (Å²) in [5.41, 5.74) is 4.71. The number of amides is 2. The zero-order chi connectivity index (χ0) is 33.4. The van der Waals surface area contributed by atoms with Crippen LogP contribution >= 0.6 is 0 Å². The van der Waals surface area contributed by atoms with Gasteiger partial charge in [0.05, 0.1) is 11.7 Å². The maximum absolute atomic E-state index is 13.5. The molecule has 0 fully saturated rings. The Morgan fingerprint density at radius 1 is 0.854 bits per heavy atom. The minimum atomic E-state index is -4.75. The van der Waals surface area contributed by atoms with Gasteiger partial charge in [0.25, 0.3) is 11.5 Å². The van der Waals surface area contributed by atoms with E-state index in [4.69, 9.17) is 4.74 Å². The van der Waals surface area contributed by atoms with E-state index < -0.39 is 41.0 Å². The Morgan fingerprint density at radius 3 is 2.19 bits per heavy atom. The zero-order valence-corrected chi connectivity index (χ0v) is 25.6. The van der Waals surface area contributed by atoms with E-state index in [-0.39, 0.29) is 12.5 Å². The highest BCUT2D eigenvalue weighted by Gasteiger charge is 2.33. The molecular formula is C38H30F3N3O4. The average Bonchev–Trinajstić information content (AvgIpc) is 3.42. The van der Waals surface area contributed by atoms with Gasteiger partial charge in [-0.2, -0.15) is 13.2 Å². The van der Waals surface area contributed by atoms with Gasteiger partial charge in [0.15, 0.2) is 0 Å². The predicted octanol–water partition coefficient (Wildman–Crippen LogP) is 7.61. The van der Waals surface area contributed by atoms with Gasteiger partial charge in [-0.1, -0.05) is 91.0 Å². The van der Waals surface area contributed by atoms with Crippen LogP contribution in [0, 0.1) is 0 Å². The summed E-state index contributed by atoms with van der Waals surface area (Å²) in [4.78, 5) is 42.7. The molecule has 2 aliphatic rings. The number of nitrogens with one attached hydrogen (secondary N) is 2. The lowest BCUT2D eigenvalue weighted by atomic mass is 9.93. The van der Waals surface area contributed by atoms with E-state index in [1.165, 1.54) is 0 Å². The molecule has 1 aromatic heterocycles. The third kappa shape index (κ3) is 5.85. The monoisotopic (exact) mass is 649 g/mol.